The molecule has 0 bridgehead atoms. The number of aliphatic hydroxyl groups is 1. The molecule has 0 saturated carbocycles. The minimum absolute atomic E-state index is 0.0649. The quantitative estimate of drug-likeness (QED) is 0.386. The number of hydrogen-bond donors (Lipinski definition) is 3. The molecule has 3 heterocycles. The Morgan fingerprint density at radius 3 is 2.56 bits per heavy atom. The van der Waals surface area contributed by atoms with Crippen LogP contribution in [0.25, 0.3) is 28.5 Å². The summed E-state index contributed by atoms with van der Waals surface area (Å²) in [6, 6.07) is 9.43. The van der Waals surface area contributed by atoms with Gasteiger partial charge in [-0.2, -0.15) is 0 Å². The van der Waals surface area contributed by atoms with Crippen LogP contribution in [0.1, 0.15) is 56.2 Å². The molecule has 0 spiro atoms. The fourth-order valence-electron chi connectivity index (χ4n) is 5.01. The van der Waals surface area contributed by atoms with Crippen molar-refractivity contribution in [3.8, 4) is 28.4 Å². The Morgan fingerprint density at radius 1 is 1.09 bits per heavy atom. The number of fused-ring (bicyclic) bond motifs is 5. The summed E-state index contributed by atoms with van der Waals surface area (Å²) in [6.07, 6.45) is 4.22. The Bertz CT molecular complexity index is 1370. The zero-order valence-corrected chi connectivity index (χ0v) is 21.1. The number of benzene rings is 2. The molecule has 2 aliphatic heterocycles. The van der Waals surface area contributed by atoms with Gasteiger partial charge in [-0.05, 0) is 75.9 Å². The molecule has 3 aromatic rings. The van der Waals surface area contributed by atoms with E-state index in [-0.39, 0.29) is 11.3 Å². The summed E-state index contributed by atoms with van der Waals surface area (Å²) in [5.41, 5.74) is 5.49. The summed E-state index contributed by atoms with van der Waals surface area (Å²) in [5, 5.41) is 26.8. The largest absolute Gasteiger partial charge is 0.504 e. The molecule has 0 saturated heterocycles. The van der Waals surface area contributed by atoms with Crippen LogP contribution in [0.5, 0.6) is 17.2 Å². The molecule has 0 unspecified atom stereocenters. The van der Waals surface area contributed by atoms with Crippen LogP contribution >= 0.6 is 11.3 Å². The number of hydrogen-bond acceptors (Lipinski definition) is 6. The summed E-state index contributed by atoms with van der Waals surface area (Å²) in [6.45, 7) is 9.97. The van der Waals surface area contributed by atoms with Gasteiger partial charge in [0.2, 0.25) is 0 Å². The molecule has 0 aliphatic carbocycles. The second-order valence-corrected chi connectivity index (χ2v) is 10.9. The van der Waals surface area contributed by atoms with Crippen LogP contribution in [-0.4, -0.2) is 22.9 Å². The van der Waals surface area contributed by atoms with Crippen LogP contribution in [0.4, 0.5) is 5.69 Å². The SMILES string of the molecule is COc1c(O)ccc2c1-c1ccc3c(c1/C(=C/c1sccc1C(C)(C)O)O2)C(C)=CC(C)(C)N3. The molecular formula is C28H29NO4S. The average Bonchev–Trinajstić information content (AvgIpc) is 3.21. The normalized spacial score (nSPS) is 17.1. The Labute approximate surface area is 204 Å². The van der Waals surface area contributed by atoms with Crippen LogP contribution in [0.2, 0.25) is 0 Å². The lowest BCUT2D eigenvalue weighted by Crippen LogP contribution is -2.32. The maximum atomic E-state index is 10.7. The number of allylic oxidation sites excluding steroid dienone is 1. The summed E-state index contributed by atoms with van der Waals surface area (Å²) in [4.78, 5) is 0.936. The lowest BCUT2D eigenvalue weighted by molar-refractivity contribution is 0.0789. The number of rotatable bonds is 3. The van der Waals surface area contributed by atoms with Gasteiger partial charge in [0.15, 0.2) is 11.5 Å². The van der Waals surface area contributed by atoms with Crippen LogP contribution < -0.4 is 14.8 Å². The van der Waals surface area contributed by atoms with Gasteiger partial charge in [0.25, 0.3) is 0 Å². The van der Waals surface area contributed by atoms with Gasteiger partial charge >= 0.3 is 0 Å². The molecule has 0 amide bonds. The van der Waals surface area contributed by atoms with E-state index in [9.17, 15) is 10.2 Å². The van der Waals surface area contributed by atoms with Gasteiger partial charge in [-0.15, -0.1) is 11.3 Å². The van der Waals surface area contributed by atoms with Crippen molar-refractivity contribution in [3.05, 3.63) is 63.4 Å². The van der Waals surface area contributed by atoms with Crippen LogP contribution in [-0.2, 0) is 5.60 Å². The van der Waals surface area contributed by atoms with E-state index in [1.165, 1.54) is 0 Å². The van der Waals surface area contributed by atoms with Crippen LogP contribution in [0, 0.1) is 0 Å². The molecule has 0 fully saturated rings. The van der Waals surface area contributed by atoms with E-state index in [1.807, 2.05) is 17.5 Å². The second kappa shape index (κ2) is 7.65. The van der Waals surface area contributed by atoms with Gasteiger partial charge in [-0.3, -0.25) is 0 Å². The Balaban J connectivity index is 1.83. The van der Waals surface area contributed by atoms with E-state index < -0.39 is 5.60 Å². The Kier molecular flexibility index (Phi) is 5.08. The van der Waals surface area contributed by atoms with E-state index in [0.717, 1.165) is 44.0 Å². The zero-order chi connectivity index (χ0) is 24.4. The van der Waals surface area contributed by atoms with E-state index in [2.05, 4.69) is 44.3 Å². The van der Waals surface area contributed by atoms with Crippen molar-refractivity contribution in [2.24, 2.45) is 0 Å². The lowest BCUT2D eigenvalue weighted by Gasteiger charge is -2.35. The number of phenolic OH excluding ortho intramolecular Hbond substituents is 1. The van der Waals surface area contributed by atoms with Crippen molar-refractivity contribution >= 4 is 34.4 Å². The number of ether oxygens (including phenoxy) is 2. The van der Waals surface area contributed by atoms with Crippen LogP contribution in [0.15, 0.2) is 41.8 Å². The molecule has 176 valence electrons. The zero-order valence-electron chi connectivity index (χ0n) is 20.2. The third kappa shape index (κ3) is 3.58. The molecule has 5 nitrogen and oxygen atoms in total. The monoisotopic (exact) mass is 475 g/mol. The third-order valence-corrected chi connectivity index (χ3v) is 7.15. The number of thiophene rings is 1. The van der Waals surface area contributed by atoms with Gasteiger partial charge in [0.1, 0.15) is 11.5 Å². The minimum Gasteiger partial charge on any atom is -0.504 e. The maximum absolute atomic E-state index is 10.7. The molecule has 2 aliphatic rings. The van der Waals surface area contributed by atoms with Crippen molar-refractivity contribution in [2.75, 3.05) is 12.4 Å². The van der Waals surface area contributed by atoms with E-state index in [0.29, 0.717) is 17.3 Å². The first-order valence-corrected chi connectivity index (χ1v) is 12.1. The molecule has 3 N–H and O–H groups in total. The van der Waals surface area contributed by atoms with Crippen LogP contribution in [0.3, 0.4) is 0 Å². The van der Waals surface area contributed by atoms with Crippen molar-refractivity contribution in [1.29, 1.82) is 0 Å². The predicted molar refractivity (Wildman–Crippen MR) is 140 cm³/mol. The van der Waals surface area contributed by atoms with Crippen molar-refractivity contribution in [3.63, 3.8) is 0 Å². The molecular weight excluding hydrogens is 446 g/mol. The standard InChI is InChI=1S/C28H29NO4S/c1-15-14-27(2,3)29-18-8-7-16-24(23(15)18)21(13-22-17(11-12-34-22)28(4,5)31)33-20-10-9-19(30)26(32-6)25(16)20/h7-14,29-31H,1-6H3/b21-13-. The average molecular weight is 476 g/mol. The number of phenols is 1. The molecule has 0 radical (unpaired) electrons. The van der Waals surface area contributed by atoms with E-state index in [4.69, 9.17) is 9.47 Å². The Morgan fingerprint density at radius 2 is 1.85 bits per heavy atom. The highest BCUT2D eigenvalue weighted by Gasteiger charge is 2.34. The van der Waals surface area contributed by atoms with Crippen molar-refractivity contribution < 1.29 is 19.7 Å². The first-order valence-electron chi connectivity index (χ1n) is 11.3. The van der Waals surface area contributed by atoms with Gasteiger partial charge < -0.3 is 25.0 Å². The minimum atomic E-state index is -0.978. The number of aromatic hydroxyl groups is 1. The van der Waals surface area contributed by atoms with Gasteiger partial charge in [0, 0.05) is 32.8 Å². The summed E-state index contributed by atoms with van der Waals surface area (Å²) in [5.74, 6) is 1.75. The summed E-state index contributed by atoms with van der Waals surface area (Å²) < 4.78 is 12.1. The lowest BCUT2D eigenvalue weighted by atomic mass is 9.83. The number of anilines is 1. The van der Waals surface area contributed by atoms with Gasteiger partial charge in [-0.1, -0.05) is 12.1 Å². The summed E-state index contributed by atoms with van der Waals surface area (Å²) in [7, 11) is 1.55. The molecule has 2 aromatic carbocycles. The third-order valence-electron chi connectivity index (χ3n) is 6.29. The summed E-state index contributed by atoms with van der Waals surface area (Å²) >= 11 is 1.56. The number of nitrogens with one attached hydrogen (secondary N) is 1. The maximum Gasteiger partial charge on any atom is 0.172 e. The second-order valence-electron chi connectivity index (χ2n) is 9.94. The topological polar surface area (TPSA) is 71.0 Å². The smallest absolute Gasteiger partial charge is 0.172 e. The van der Waals surface area contributed by atoms with E-state index >= 15 is 0 Å². The fraction of sp³-hybridized carbons (Fsp3) is 0.286. The predicted octanol–water partition coefficient (Wildman–Crippen LogP) is 6.85. The first kappa shape index (κ1) is 22.6. The fourth-order valence-corrected chi connectivity index (χ4v) is 5.98. The molecule has 34 heavy (non-hydrogen) atoms. The molecule has 1 aromatic heterocycles. The Hall–Kier alpha value is -3.22. The van der Waals surface area contributed by atoms with Crippen molar-refractivity contribution in [1.82, 2.24) is 0 Å². The number of methoxy groups -OCH3 is 1. The highest BCUT2D eigenvalue weighted by Crippen LogP contribution is 2.54. The highest BCUT2D eigenvalue weighted by atomic mass is 32.1. The molecule has 6 heteroatoms. The highest BCUT2D eigenvalue weighted by molar-refractivity contribution is 7.11. The molecule has 0 atom stereocenters. The van der Waals surface area contributed by atoms with E-state index in [1.54, 1.807) is 44.4 Å². The van der Waals surface area contributed by atoms with Gasteiger partial charge in [0.05, 0.1) is 23.8 Å². The van der Waals surface area contributed by atoms with Gasteiger partial charge in [-0.25, -0.2) is 0 Å². The first-order chi connectivity index (χ1) is 16.0. The van der Waals surface area contributed by atoms with Crippen molar-refractivity contribution in [2.45, 2.75) is 45.8 Å². The molecule has 5 rings (SSSR count).